The van der Waals surface area contributed by atoms with Gasteiger partial charge in [-0.2, -0.15) is 13.2 Å². The molecule has 1 atom stereocenters. The topological polar surface area (TPSA) is 36.4 Å². The molecule has 1 unspecified atom stereocenters. The lowest BCUT2D eigenvalue weighted by Crippen LogP contribution is -2.49. The van der Waals surface area contributed by atoms with Gasteiger partial charge in [0.15, 0.2) is 0 Å². The Hall–Kier alpha value is -2.64. The second-order valence-corrected chi connectivity index (χ2v) is 8.74. The summed E-state index contributed by atoms with van der Waals surface area (Å²) in [6.07, 6.45) is -2.40. The first-order valence-corrected chi connectivity index (χ1v) is 9.91. The van der Waals surface area contributed by atoms with Crippen LogP contribution in [0.2, 0.25) is 0 Å². The molecule has 2 saturated heterocycles. The molecule has 160 valence electrons. The minimum absolute atomic E-state index is 0.191. The molecule has 1 aromatic carbocycles. The third-order valence-electron chi connectivity index (χ3n) is 6.18. The number of alkyl halides is 3. The van der Waals surface area contributed by atoms with Gasteiger partial charge in [0.25, 0.3) is 5.91 Å². The zero-order valence-corrected chi connectivity index (χ0v) is 16.8. The van der Waals surface area contributed by atoms with E-state index in [1.807, 2.05) is 0 Å². The molecule has 4 rings (SSSR count). The van der Waals surface area contributed by atoms with Gasteiger partial charge in [0.1, 0.15) is 17.2 Å². The summed E-state index contributed by atoms with van der Waals surface area (Å²) in [6.45, 7) is 5.14. The fourth-order valence-corrected chi connectivity index (χ4v) is 4.98. The number of aromatic nitrogens is 1. The van der Waals surface area contributed by atoms with E-state index < -0.39 is 23.3 Å². The maximum absolute atomic E-state index is 13.4. The maximum Gasteiger partial charge on any atom is 0.433 e. The van der Waals surface area contributed by atoms with Crippen LogP contribution in [-0.2, 0) is 6.18 Å². The van der Waals surface area contributed by atoms with Gasteiger partial charge in [-0.15, -0.1) is 0 Å². The number of amides is 1. The van der Waals surface area contributed by atoms with E-state index in [-0.39, 0.29) is 17.1 Å². The molecule has 2 aromatic rings. The first-order valence-electron chi connectivity index (χ1n) is 9.91. The molecule has 0 bridgehead atoms. The van der Waals surface area contributed by atoms with Crippen molar-refractivity contribution in [2.24, 2.45) is 0 Å². The molecule has 0 saturated carbocycles. The van der Waals surface area contributed by atoms with Crippen molar-refractivity contribution in [1.29, 1.82) is 0 Å². The van der Waals surface area contributed by atoms with Gasteiger partial charge in [0.05, 0.1) is 5.54 Å². The molecule has 1 aromatic heterocycles. The van der Waals surface area contributed by atoms with Crippen LogP contribution >= 0.6 is 0 Å². The van der Waals surface area contributed by atoms with Crippen molar-refractivity contribution in [2.45, 2.75) is 50.4 Å². The van der Waals surface area contributed by atoms with Gasteiger partial charge in [-0.05, 0) is 69.5 Å². The Balaban J connectivity index is 1.65. The van der Waals surface area contributed by atoms with Gasteiger partial charge < -0.3 is 9.80 Å². The second-order valence-electron chi connectivity index (χ2n) is 8.74. The number of nitrogens with zero attached hydrogens (tertiary/aromatic N) is 3. The summed E-state index contributed by atoms with van der Waals surface area (Å²) in [5, 5.41) is 0. The third-order valence-corrected chi connectivity index (χ3v) is 6.18. The van der Waals surface area contributed by atoms with Gasteiger partial charge in [-0.3, -0.25) is 4.79 Å². The number of carbonyl (C=O) groups is 1. The standard InChI is InChI=1S/C22H23F4N3O/c1-20(2)13-21(14-29(20)16-9-7-15(23)8-10-16)11-4-12-28(21)19(30)17-5-3-6-18(27-17)22(24,25)26/h3,5-10H,4,11-14H2,1-2H3. The summed E-state index contributed by atoms with van der Waals surface area (Å²) >= 11 is 0. The maximum atomic E-state index is 13.4. The molecule has 2 aliphatic rings. The van der Waals surface area contributed by atoms with Crippen LogP contribution in [0.15, 0.2) is 42.5 Å². The molecule has 30 heavy (non-hydrogen) atoms. The van der Waals surface area contributed by atoms with E-state index in [4.69, 9.17) is 0 Å². The Labute approximate surface area is 172 Å². The molecule has 1 amide bonds. The van der Waals surface area contributed by atoms with Gasteiger partial charge in [0, 0.05) is 24.3 Å². The van der Waals surface area contributed by atoms with Gasteiger partial charge >= 0.3 is 6.18 Å². The Kier molecular flexibility index (Phi) is 4.78. The predicted octanol–water partition coefficient (Wildman–Crippen LogP) is 4.90. The zero-order valence-electron chi connectivity index (χ0n) is 16.8. The first-order chi connectivity index (χ1) is 14.0. The average molecular weight is 421 g/mol. The van der Waals surface area contributed by atoms with E-state index in [0.29, 0.717) is 19.5 Å². The van der Waals surface area contributed by atoms with Crippen molar-refractivity contribution in [3.63, 3.8) is 0 Å². The Morgan fingerprint density at radius 1 is 1.10 bits per heavy atom. The van der Waals surface area contributed by atoms with Gasteiger partial charge in [-0.25, -0.2) is 9.37 Å². The monoisotopic (exact) mass is 421 g/mol. The number of hydrogen-bond acceptors (Lipinski definition) is 3. The van der Waals surface area contributed by atoms with Crippen molar-refractivity contribution in [3.05, 3.63) is 59.7 Å². The third kappa shape index (κ3) is 3.52. The van der Waals surface area contributed by atoms with E-state index in [1.165, 1.54) is 24.3 Å². The highest BCUT2D eigenvalue weighted by atomic mass is 19.4. The van der Waals surface area contributed by atoms with Crippen LogP contribution in [0.5, 0.6) is 0 Å². The van der Waals surface area contributed by atoms with Crippen LogP contribution < -0.4 is 4.90 Å². The normalized spacial score (nSPS) is 23.4. The Bertz CT molecular complexity index is 958. The number of pyridine rings is 1. The first kappa shape index (κ1) is 20.6. The highest BCUT2D eigenvalue weighted by Gasteiger charge is 2.55. The summed E-state index contributed by atoms with van der Waals surface area (Å²) in [4.78, 5) is 20.7. The molecule has 4 nitrogen and oxygen atoms in total. The molecule has 0 radical (unpaired) electrons. The number of benzene rings is 1. The molecule has 2 aliphatic heterocycles. The van der Waals surface area contributed by atoms with Crippen molar-refractivity contribution < 1.29 is 22.4 Å². The van der Waals surface area contributed by atoms with E-state index in [1.54, 1.807) is 17.0 Å². The van der Waals surface area contributed by atoms with Gasteiger partial charge in [0.2, 0.25) is 0 Å². The van der Waals surface area contributed by atoms with Crippen molar-refractivity contribution in [2.75, 3.05) is 18.0 Å². The number of rotatable bonds is 2. The lowest BCUT2D eigenvalue weighted by atomic mass is 9.87. The smallest absolute Gasteiger partial charge is 0.364 e. The van der Waals surface area contributed by atoms with E-state index in [0.717, 1.165) is 24.6 Å². The summed E-state index contributed by atoms with van der Waals surface area (Å²) in [6, 6.07) is 9.65. The number of carbonyl (C=O) groups excluding carboxylic acids is 1. The lowest BCUT2D eigenvalue weighted by Gasteiger charge is -2.35. The van der Waals surface area contributed by atoms with Gasteiger partial charge in [-0.1, -0.05) is 6.07 Å². The van der Waals surface area contributed by atoms with E-state index in [2.05, 4.69) is 23.7 Å². The average Bonchev–Trinajstić information content (AvgIpc) is 3.20. The number of hydrogen-bond donors (Lipinski definition) is 0. The predicted molar refractivity (Wildman–Crippen MR) is 105 cm³/mol. The van der Waals surface area contributed by atoms with Crippen LogP contribution in [0.3, 0.4) is 0 Å². The van der Waals surface area contributed by atoms with E-state index >= 15 is 0 Å². The highest BCUT2D eigenvalue weighted by molar-refractivity contribution is 5.93. The summed E-state index contributed by atoms with van der Waals surface area (Å²) in [5.74, 6) is -0.797. The van der Waals surface area contributed by atoms with Crippen LogP contribution in [0.1, 0.15) is 49.3 Å². The minimum atomic E-state index is -4.60. The lowest BCUT2D eigenvalue weighted by molar-refractivity contribution is -0.141. The SMILES string of the molecule is CC1(C)CC2(CCCN2C(=O)c2cccc(C(F)(F)F)n2)CN1c1ccc(F)cc1. The summed E-state index contributed by atoms with van der Waals surface area (Å²) < 4.78 is 52.5. The Morgan fingerprint density at radius 3 is 2.47 bits per heavy atom. The Morgan fingerprint density at radius 2 is 1.80 bits per heavy atom. The highest BCUT2D eigenvalue weighted by Crippen LogP contribution is 2.47. The largest absolute Gasteiger partial charge is 0.433 e. The quantitative estimate of drug-likeness (QED) is 0.647. The number of anilines is 1. The number of likely N-dealkylation sites (tertiary alicyclic amines) is 1. The molecular weight excluding hydrogens is 398 g/mol. The molecular formula is C22H23F4N3O. The minimum Gasteiger partial charge on any atom is -0.364 e. The van der Waals surface area contributed by atoms with Crippen molar-refractivity contribution >= 4 is 11.6 Å². The fraction of sp³-hybridized carbons (Fsp3) is 0.455. The number of halogens is 4. The molecule has 8 heteroatoms. The molecule has 1 spiro atoms. The van der Waals surface area contributed by atoms with Crippen molar-refractivity contribution in [3.8, 4) is 0 Å². The summed E-state index contributed by atoms with van der Waals surface area (Å²) in [7, 11) is 0. The molecule has 2 fully saturated rings. The molecule has 0 aliphatic carbocycles. The molecule has 3 heterocycles. The van der Waals surface area contributed by atoms with Crippen LogP contribution in [0.25, 0.3) is 0 Å². The van der Waals surface area contributed by atoms with Crippen LogP contribution in [0.4, 0.5) is 23.2 Å². The van der Waals surface area contributed by atoms with Crippen molar-refractivity contribution in [1.82, 2.24) is 9.88 Å². The summed E-state index contributed by atoms with van der Waals surface area (Å²) in [5.41, 5.74) is -1.20. The fourth-order valence-electron chi connectivity index (χ4n) is 4.98. The second kappa shape index (κ2) is 6.96. The molecule has 0 N–H and O–H groups in total. The zero-order chi connectivity index (χ0) is 21.7. The van der Waals surface area contributed by atoms with E-state index in [9.17, 15) is 22.4 Å². The van der Waals surface area contributed by atoms with Crippen LogP contribution in [0, 0.1) is 5.82 Å². The van der Waals surface area contributed by atoms with Crippen LogP contribution in [-0.4, -0.2) is 40.0 Å².